The largest absolute Gasteiger partial charge is 0.464 e. The van der Waals surface area contributed by atoms with Crippen LogP contribution in [0, 0.1) is 0 Å². The zero-order chi connectivity index (χ0) is 21.9. The highest BCUT2D eigenvalue weighted by Crippen LogP contribution is 2.35. The van der Waals surface area contributed by atoms with Gasteiger partial charge in [-0.2, -0.15) is 0 Å². The van der Waals surface area contributed by atoms with E-state index in [4.69, 9.17) is 4.74 Å². The number of fused-ring (bicyclic) bond motifs is 2. The van der Waals surface area contributed by atoms with E-state index in [0.717, 1.165) is 27.5 Å². The minimum atomic E-state index is -0.453. The van der Waals surface area contributed by atoms with Crippen molar-refractivity contribution in [2.75, 3.05) is 6.61 Å². The van der Waals surface area contributed by atoms with E-state index >= 15 is 0 Å². The summed E-state index contributed by atoms with van der Waals surface area (Å²) in [6.45, 7) is 0.106. The molecule has 0 radical (unpaired) electrons. The first kappa shape index (κ1) is 20.2. The van der Waals surface area contributed by atoms with Gasteiger partial charge in [-0.15, -0.1) is 11.3 Å². The van der Waals surface area contributed by atoms with Gasteiger partial charge >= 0.3 is 5.97 Å². The van der Waals surface area contributed by atoms with Crippen molar-refractivity contribution in [1.82, 2.24) is 9.55 Å². The highest BCUT2D eigenvalue weighted by atomic mass is 32.1. The molecule has 0 unspecified atom stereocenters. The molecule has 0 saturated heterocycles. The van der Waals surface area contributed by atoms with Crippen LogP contribution in [0.5, 0.6) is 0 Å². The monoisotopic (exact) mass is 440 g/mol. The molecular formula is C26H20N2O3S. The van der Waals surface area contributed by atoms with Crippen molar-refractivity contribution in [3.05, 3.63) is 100 Å². The molecule has 0 aliphatic rings. The molecule has 0 amide bonds. The molecule has 5 nitrogen and oxygen atoms in total. The normalized spacial score (nSPS) is 11.1. The lowest BCUT2D eigenvalue weighted by Crippen LogP contribution is -2.26. The van der Waals surface area contributed by atoms with E-state index in [-0.39, 0.29) is 18.7 Å². The standard InChI is InChI=1S/C26H20N2O3S/c29-23(31-14-13-18-7-2-1-3-8-18)15-28-17-27-25-24(26(28)30)22(16-32-25)21-12-6-10-19-9-4-5-11-20(19)21/h1-12,16-17H,13-15H2. The number of thiophene rings is 1. The van der Waals surface area contributed by atoms with Crippen LogP contribution in [0.15, 0.2) is 89.3 Å². The van der Waals surface area contributed by atoms with Crippen molar-refractivity contribution in [3.63, 3.8) is 0 Å². The molecule has 32 heavy (non-hydrogen) atoms. The predicted octanol–water partition coefficient (Wildman–Crippen LogP) is 5.06. The van der Waals surface area contributed by atoms with Crippen LogP contribution in [-0.2, 0) is 22.5 Å². The minimum Gasteiger partial charge on any atom is -0.464 e. The first-order valence-electron chi connectivity index (χ1n) is 10.3. The van der Waals surface area contributed by atoms with E-state index in [2.05, 4.69) is 17.1 Å². The number of hydrogen-bond acceptors (Lipinski definition) is 5. The summed E-state index contributed by atoms with van der Waals surface area (Å²) in [6.07, 6.45) is 2.06. The van der Waals surface area contributed by atoms with Gasteiger partial charge in [0.05, 0.1) is 18.3 Å². The lowest BCUT2D eigenvalue weighted by Gasteiger charge is -2.08. The maximum absolute atomic E-state index is 13.3. The summed E-state index contributed by atoms with van der Waals surface area (Å²) in [4.78, 5) is 30.7. The quantitative estimate of drug-likeness (QED) is 0.346. The fraction of sp³-hybridized carbons (Fsp3) is 0.115. The Kier molecular flexibility index (Phi) is 5.52. The Morgan fingerprint density at radius 2 is 1.72 bits per heavy atom. The van der Waals surface area contributed by atoms with Crippen molar-refractivity contribution in [3.8, 4) is 11.1 Å². The Hall–Kier alpha value is -3.77. The molecule has 0 fully saturated rings. The van der Waals surface area contributed by atoms with Crippen LogP contribution < -0.4 is 5.56 Å². The highest BCUT2D eigenvalue weighted by Gasteiger charge is 2.16. The molecule has 6 heteroatoms. The van der Waals surface area contributed by atoms with Crippen molar-refractivity contribution in [2.45, 2.75) is 13.0 Å². The molecule has 3 aromatic carbocycles. The Labute approximate surface area is 188 Å². The number of aromatic nitrogens is 2. The molecule has 0 aliphatic carbocycles. The molecule has 0 aliphatic heterocycles. The van der Waals surface area contributed by atoms with Gasteiger partial charge in [-0.1, -0.05) is 72.8 Å². The molecule has 2 heterocycles. The van der Waals surface area contributed by atoms with Gasteiger partial charge in [-0.25, -0.2) is 4.98 Å². The second-order valence-electron chi connectivity index (χ2n) is 7.49. The fourth-order valence-electron chi connectivity index (χ4n) is 3.85. The van der Waals surface area contributed by atoms with Gasteiger partial charge in [-0.3, -0.25) is 14.2 Å². The molecule has 0 bridgehead atoms. The molecule has 0 spiro atoms. The summed E-state index contributed by atoms with van der Waals surface area (Å²) < 4.78 is 6.68. The van der Waals surface area contributed by atoms with Crippen LogP contribution in [-0.4, -0.2) is 22.1 Å². The first-order valence-corrected chi connectivity index (χ1v) is 11.2. The van der Waals surface area contributed by atoms with Crippen LogP contribution in [0.1, 0.15) is 5.56 Å². The SMILES string of the molecule is O=C(Cn1cnc2scc(-c3cccc4ccccc34)c2c1=O)OCCc1ccccc1. The number of hydrogen-bond donors (Lipinski definition) is 0. The van der Waals surface area contributed by atoms with E-state index < -0.39 is 5.97 Å². The van der Waals surface area contributed by atoms with Crippen LogP contribution in [0.25, 0.3) is 32.1 Å². The smallest absolute Gasteiger partial charge is 0.326 e. The van der Waals surface area contributed by atoms with Gasteiger partial charge < -0.3 is 4.74 Å². The summed E-state index contributed by atoms with van der Waals surface area (Å²) >= 11 is 1.43. The maximum Gasteiger partial charge on any atom is 0.326 e. The highest BCUT2D eigenvalue weighted by molar-refractivity contribution is 7.17. The summed E-state index contributed by atoms with van der Waals surface area (Å²) in [5.41, 5.74) is 2.68. The van der Waals surface area contributed by atoms with Crippen LogP contribution in [0.4, 0.5) is 0 Å². The third kappa shape index (κ3) is 3.92. The predicted molar refractivity (Wildman–Crippen MR) is 128 cm³/mol. The number of esters is 1. The molecule has 0 atom stereocenters. The summed E-state index contributed by atoms with van der Waals surface area (Å²) in [6, 6.07) is 24.0. The molecule has 158 valence electrons. The molecule has 5 rings (SSSR count). The number of rotatable bonds is 6. The van der Waals surface area contributed by atoms with Crippen LogP contribution in [0.3, 0.4) is 0 Å². The van der Waals surface area contributed by atoms with Crippen LogP contribution >= 0.6 is 11.3 Å². The number of carbonyl (C=O) groups excluding carboxylic acids is 1. The number of benzene rings is 3. The lowest BCUT2D eigenvalue weighted by atomic mass is 9.99. The Morgan fingerprint density at radius 1 is 0.938 bits per heavy atom. The Balaban J connectivity index is 1.41. The molecular weight excluding hydrogens is 420 g/mol. The van der Waals surface area contributed by atoms with E-state index in [0.29, 0.717) is 16.6 Å². The summed E-state index contributed by atoms with van der Waals surface area (Å²) in [5, 5.41) is 4.68. The first-order chi connectivity index (χ1) is 15.7. The summed E-state index contributed by atoms with van der Waals surface area (Å²) in [5.74, 6) is -0.453. The number of carbonyl (C=O) groups is 1. The third-order valence-electron chi connectivity index (χ3n) is 5.44. The zero-order valence-electron chi connectivity index (χ0n) is 17.2. The van der Waals surface area contributed by atoms with E-state index in [1.54, 1.807) is 0 Å². The number of ether oxygens (including phenoxy) is 1. The van der Waals surface area contributed by atoms with Crippen molar-refractivity contribution < 1.29 is 9.53 Å². The van der Waals surface area contributed by atoms with E-state index in [1.165, 1.54) is 22.2 Å². The third-order valence-corrected chi connectivity index (χ3v) is 6.32. The summed E-state index contributed by atoms with van der Waals surface area (Å²) in [7, 11) is 0. The van der Waals surface area contributed by atoms with Gasteiger partial charge in [0.25, 0.3) is 5.56 Å². The fourth-order valence-corrected chi connectivity index (χ4v) is 4.75. The molecule has 5 aromatic rings. The zero-order valence-corrected chi connectivity index (χ0v) is 18.0. The minimum absolute atomic E-state index is 0.165. The van der Waals surface area contributed by atoms with Gasteiger partial charge in [0.1, 0.15) is 11.4 Å². The molecule has 0 saturated carbocycles. The average molecular weight is 441 g/mol. The molecule has 0 N–H and O–H groups in total. The Morgan fingerprint density at radius 3 is 2.59 bits per heavy atom. The van der Waals surface area contributed by atoms with Crippen molar-refractivity contribution in [1.29, 1.82) is 0 Å². The van der Waals surface area contributed by atoms with Crippen LogP contribution in [0.2, 0.25) is 0 Å². The van der Waals surface area contributed by atoms with Crippen molar-refractivity contribution in [2.24, 2.45) is 0 Å². The topological polar surface area (TPSA) is 61.2 Å². The van der Waals surface area contributed by atoms with Gasteiger partial charge in [0.15, 0.2) is 0 Å². The second kappa shape index (κ2) is 8.77. The van der Waals surface area contributed by atoms with Gasteiger partial charge in [0, 0.05) is 17.4 Å². The van der Waals surface area contributed by atoms with Gasteiger partial charge in [-0.05, 0) is 21.9 Å². The van der Waals surface area contributed by atoms with Gasteiger partial charge in [0.2, 0.25) is 0 Å². The average Bonchev–Trinajstić information content (AvgIpc) is 3.26. The molecule has 2 aromatic heterocycles. The lowest BCUT2D eigenvalue weighted by molar-refractivity contribution is -0.144. The number of nitrogens with zero attached hydrogens (tertiary/aromatic N) is 2. The van der Waals surface area contributed by atoms with E-state index in [9.17, 15) is 9.59 Å². The van der Waals surface area contributed by atoms with E-state index in [1.807, 2.05) is 66.0 Å². The maximum atomic E-state index is 13.3. The Bertz CT molecular complexity index is 1470. The second-order valence-corrected chi connectivity index (χ2v) is 8.35. The van der Waals surface area contributed by atoms with Crippen molar-refractivity contribution >= 4 is 38.3 Å².